The van der Waals surface area contributed by atoms with Crippen LogP contribution in [0.4, 0.5) is 0 Å². The Balaban J connectivity index is 1.95. The molecule has 34 heavy (non-hydrogen) atoms. The lowest BCUT2D eigenvalue weighted by atomic mass is 10.1. The van der Waals surface area contributed by atoms with Gasteiger partial charge in [0.05, 0.1) is 36.8 Å². The van der Waals surface area contributed by atoms with E-state index in [4.69, 9.17) is 19.3 Å². The van der Waals surface area contributed by atoms with Crippen molar-refractivity contribution in [2.45, 2.75) is 40.3 Å². The van der Waals surface area contributed by atoms with Crippen LogP contribution in [0.15, 0.2) is 54.6 Å². The van der Waals surface area contributed by atoms with Gasteiger partial charge in [-0.05, 0) is 56.2 Å². The maximum atomic E-state index is 10.5. The summed E-state index contributed by atoms with van der Waals surface area (Å²) in [5.41, 5.74) is 2.80. The van der Waals surface area contributed by atoms with E-state index in [0.29, 0.717) is 43.9 Å². The highest BCUT2D eigenvalue weighted by Crippen LogP contribution is 2.32. The molecule has 184 valence electrons. The number of aliphatic hydroxyl groups excluding tert-OH is 1. The lowest BCUT2D eigenvalue weighted by molar-refractivity contribution is 0.0173. The van der Waals surface area contributed by atoms with Gasteiger partial charge in [-0.25, -0.2) is 4.68 Å². The molecular weight excluding hydrogens is 430 g/mol. The molecule has 0 aliphatic carbocycles. The number of hydrogen-bond acceptors (Lipinski definition) is 6. The molecule has 1 N–H and O–H groups in total. The Morgan fingerprint density at radius 1 is 1.00 bits per heavy atom. The number of methoxy groups -OCH3 is 1. The Morgan fingerprint density at radius 3 is 2.29 bits per heavy atom. The fourth-order valence-electron chi connectivity index (χ4n) is 3.87. The molecule has 0 saturated heterocycles. The quantitative estimate of drug-likeness (QED) is 0.388. The summed E-state index contributed by atoms with van der Waals surface area (Å²) in [5, 5.41) is 15.3. The summed E-state index contributed by atoms with van der Waals surface area (Å²) in [6.07, 6.45) is -0.561. The van der Waals surface area contributed by atoms with E-state index in [2.05, 4.69) is 18.7 Å². The van der Waals surface area contributed by atoms with Crippen LogP contribution in [-0.2, 0) is 11.3 Å². The number of nitrogens with zero attached hydrogens (tertiary/aromatic N) is 3. The Hall–Kier alpha value is -2.87. The maximum absolute atomic E-state index is 10.5. The second kappa shape index (κ2) is 12.6. The first-order valence-corrected chi connectivity index (χ1v) is 11.8. The van der Waals surface area contributed by atoms with Crippen molar-refractivity contribution >= 4 is 0 Å². The monoisotopic (exact) mass is 467 g/mol. The van der Waals surface area contributed by atoms with E-state index in [1.165, 1.54) is 0 Å². The lowest BCUT2D eigenvalue weighted by Crippen LogP contribution is -2.37. The van der Waals surface area contributed by atoms with Crippen LogP contribution in [0.5, 0.6) is 17.4 Å². The second-order valence-corrected chi connectivity index (χ2v) is 8.80. The Kier molecular flexibility index (Phi) is 9.51. The van der Waals surface area contributed by atoms with Gasteiger partial charge in [-0.1, -0.05) is 32.0 Å². The van der Waals surface area contributed by atoms with Crippen molar-refractivity contribution in [1.82, 2.24) is 14.7 Å². The van der Waals surface area contributed by atoms with Crippen molar-refractivity contribution < 1.29 is 19.3 Å². The zero-order chi connectivity index (χ0) is 24.5. The van der Waals surface area contributed by atoms with Crippen molar-refractivity contribution in [3.8, 4) is 23.1 Å². The van der Waals surface area contributed by atoms with Crippen molar-refractivity contribution in [2.24, 2.45) is 5.92 Å². The van der Waals surface area contributed by atoms with Crippen LogP contribution >= 0.6 is 0 Å². The first kappa shape index (κ1) is 25.7. The largest absolute Gasteiger partial charge is 0.497 e. The van der Waals surface area contributed by atoms with Crippen LogP contribution in [0.2, 0.25) is 0 Å². The van der Waals surface area contributed by atoms with Gasteiger partial charge in [0.15, 0.2) is 0 Å². The van der Waals surface area contributed by atoms with Crippen LogP contribution in [0.1, 0.15) is 32.0 Å². The van der Waals surface area contributed by atoms with Gasteiger partial charge >= 0.3 is 0 Å². The third-order valence-electron chi connectivity index (χ3n) is 5.40. The van der Waals surface area contributed by atoms with E-state index in [1.54, 1.807) is 7.11 Å². The molecule has 7 heteroatoms. The van der Waals surface area contributed by atoms with Gasteiger partial charge in [-0.3, -0.25) is 4.90 Å². The van der Waals surface area contributed by atoms with Gasteiger partial charge in [-0.15, -0.1) is 0 Å². The van der Waals surface area contributed by atoms with Gasteiger partial charge in [0.2, 0.25) is 5.88 Å². The zero-order valence-corrected chi connectivity index (χ0v) is 20.9. The van der Waals surface area contributed by atoms with E-state index >= 15 is 0 Å². The lowest BCUT2D eigenvalue weighted by Gasteiger charge is -2.27. The minimum Gasteiger partial charge on any atom is -0.497 e. The molecule has 3 rings (SSSR count). The molecule has 0 aliphatic rings. The number of benzene rings is 2. The fraction of sp³-hybridized carbons (Fsp3) is 0.444. The molecule has 1 unspecified atom stereocenters. The highest BCUT2D eigenvalue weighted by molar-refractivity contribution is 5.44. The summed E-state index contributed by atoms with van der Waals surface area (Å²) in [6, 6.07) is 17.5. The van der Waals surface area contributed by atoms with E-state index in [1.807, 2.05) is 73.1 Å². The molecule has 2 aromatic carbocycles. The fourth-order valence-corrected chi connectivity index (χ4v) is 3.87. The van der Waals surface area contributed by atoms with Crippen LogP contribution in [0.25, 0.3) is 5.69 Å². The molecule has 0 radical (unpaired) electrons. The molecule has 1 atom stereocenters. The minimum atomic E-state index is -0.561. The summed E-state index contributed by atoms with van der Waals surface area (Å²) in [4.78, 5) is 2.24. The van der Waals surface area contributed by atoms with Crippen molar-refractivity contribution in [3.63, 3.8) is 0 Å². The Labute approximate surface area is 202 Å². The first-order valence-electron chi connectivity index (χ1n) is 11.8. The van der Waals surface area contributed by atoms with Crippen molar-refractivity contribution in [1.29, 1.82) is 0 Å². The highest BCUT2D eigenvalue weighted by atomic mass is 16.5. The summed E-state index contributed by atoms with van der Waals surface area (Å²) >= 11 is 0. The van der Waals surface area contributed by atoms with Crippen LogP contribution < -0.4 is 9.47 Å². The summed E-state index contributed by atoms with van der Waals surface area (Å²) in [7, 11) is 1.64. The second-order valence-electron chi connectivity index (χ2n) is 8.80. The summed E-state index contributed by atoms with van der Waals surface area (Å²) in [5.74, 6) is 2.58. The Bertz CT molecular complexity index is 1000. The first-order chi connectivity index (χ1) is 16.4. The van der Waals surface area contributed by atoms with Gasteiger partial charge in [0, 0.05) is 26.2 Å². The van der Waals surface area contributed by atoms with Gasteiger partial charge in [0.1, 0.15) is 11.5 Å². The standard InChI is InChI=1S/C27H37N3O4/c1-6-33-19-23(31)17-29(16-20(2)3)18-26-21(4)28-30(22-10-8-7-9-11-22)27(26)34-25-14-12-24(32-5)13-15-25/h7-15,20,23,31H,6,16-19H2,1-5H3. The van der Waals surface area contributed by atoms with Gasteiger partial charge in [-0.2, -0.15) is 5.10 Å². The van der Waals surface area contributed by atoms with E-state index in [-0.39, 0.29) is 0 Å². The molecule has 0 bridgehead atoms. The van der Waals surface area contributed by atoms with E-state index in [9.17, 15) is 5.11 Å². The maximum Gasteiger partial charge on any atom is 0.227 e. The molecule has 0 saturated carbocycles. The van der Waals surface area contributed by atoms with Crippen LogP contribution in [-0.4, -0.2) is 59.3 Å². The van der Waals surface area contributed by atoms with E-state index < -0.39 is 6.10 Å². The predicted molar refractivity (Wildman–Crippen MR) is 134 cm³/mol. The number of rotatable bonds is 13. The van der Waals surface area contributed by atoms with E-state index in [0.717, 1.165) is 29.2 Å². The number of aryl methyl sites for hydroxylation is 1. The molecule has 7 nitrogen and oxygen atoms in total. The minimum absolute atomic E-state index is 0.322. The third kappa shape index (κ3) is 7.06. The van der Waals surface area contributed by atoms with Gasteiger partial charge in [0.25, 0.3) is 0 Å². The van der Waals surface area contributed by atoms with Crippen LogP contribution in [0, 0.1) is 12.8 Å². The molecule has 0 spiro atoms. The smallest absolute Gasteiger partial charge is 0.227 e. The van der Waals surface area contributed by atoms with Gasteiger partial charge < -0.3 is 19.3 Å². The average Bonchev–Trinajstić information content (AvgIpc) is 3.13. The average molecular weight is 468 g/mol. The topological polar surface area (TPSA) is 69.0 Å². The molecule has 0 aliphatic heterocycles. The molecule has 0 amide bonds. The number of hydrogen-bond donors (Lipinski definition) is 1. The predicted octanol–water partition coefficient (Wildman–Crippen LogP) is 4.84. The SMILES string of the molecule is CCOCC(O)CN(Cc1c(C)nn(-c2ccccc2)c1Oc1ccc(OC)cc1)CC(C)C. The zero-order valence-electron chi connectivity index (χ0n) is 20.9. The molecular formula is C27H37N3O4. The van der Waals surface area contributed by atoms with Crippen LogP contribution in [0.3, 0.4) is 0 Å². The Morgan fingerprint density at radius 2 is 1.68 bits per heavy atom. The number of para-hydroxylation sites is 1. The highest BCUT2D eigenvalue weighted by Gasteiger charge is 2.23. The summed E-state index contributed by atoms with van der Waals surface area (Å²) in [6.45, 7) is 11.1. The number of aliphatic hydroxyl groups is 1. The molecule has 1 aromatic heterocycles. The molecule has 3 aromatic rings. The number of aromatic nitrogens is 2. The summed E-state index contributed by atoms with van der Waals surface area (Å²) < 4.78 is 19.0. The van der Waals surface area contributed by atoms with Crippen molar-refractivity contribution in [2.75, 3.05) is 33.4 Å². The normalized spacial score (nSPS) is 12.4. The number of ether oxygens (including phenoxy) is 3. The molecule has 0 fully saturated rings. The molecule has 1 heterocycles. The van der Waals surface area contributed by atoms with Crippen molar-refractivity contribution in [3.05, 3.63) is 65.9 Å². The third-order valence-corrected chi connectivity index (χ3v) is 5.40.